The van der Waals surface area contributed by atoms with E-state index in [9.17, 15) is 0 Å². The minimum atomic E-state index is 0.651. The maximum atomic E-state index is 5.04. The lowest BCUT2D eigenvalue weighted by Gasteiger charge is -2.02. The average Bonchev–Trinajstić information content (AvgIpc) is 2.39. The number of para-hydroxylation sites is 1. The highest BCUT2D eigenvalue weighted by Crippen LogP contribution is 2.18. The van der Waals surface area contributed by atoms with Gasteiger partial charge in [0.05, 0.1) is 0 Å². The first-order chi connectivity index (χ1) is 8.84. The Morgan fingerprint density at radius 2 is 1.78 bits per heavy atom. The molecule has 0 heterocycles. The van der Waals surface area contributed by atoms with E-state index in [2.05, 4.69) is 40.8 Å². The Hall–Kier alpha value is -2.43. The van der Waals surface area contributed by atoms with Gasteiger partial charge in [-0.3, -0.25) is 0 Å². The van der Waals surface area contributed by atoms with Crippen LogP contribution in [0.2, 0.25) is 0 Å². The molecular weight excluding hydrogens is 244 g/mol. The quantitative estimate of drug-likeness (QED) is 0.271. The van der Waals surface area contributed by atoms with Gasteiger partial charge in [0.1, 0.15) is 12.0 Å². The largest absolute Gasteiger partial charge is 0.324 e. The van der Waals surface area contributed by atoms with Crippen molar-refractivity contribution < 1.29 is 9.22 Å². The molecule has 0 aliphatic heterocycles. The van der Waals surface area contributed by atoms with Gasteiger partial charge in [-0.05, 0) is 48.2 Å². The Morgan fingerprint density at radius 1 is 1.06 bits per heavy atom. The molecule has 0 radical (unpaired) electrons. The summed E-state index contributed by atoms with van der Waals surface area (Å²) in [6.45, 7) is 1.92. The van der Waals surface area contributed by atoms with Crippen LogP contribution in [0.1, 0.15) is 5.56 Å². The number of rotatable bonds is 3. The van der Waals surface area contributed by atoms with Gasteiger partial charge in [0.2, 0.25) is 0 Å². The maximum absolute atomic E-state index is 5.04. The summed E-state index contributed by atoms with van der Waals surface area (Å²) in [5.41, 5.74) is 0.982. The van der Waals surface area contributed by atoms with Crippen molar-refractivity contribution in [3.05, 3.63) is 29.8 Å². The molecule has 0 bridgehead atoms. The molecule has 0 aliphatic rings. The molecule has 0 fully saturated rings. The van der Waals surface area contributed by atoms with Crippen molar-refractivity contribution in [3.8, 4) is 52.9 Å². The van der Waals surface area contributed by atoms with Gasteiger partial charge in [-0.15, -0.1) is 10.8 Å². The van der Waals surface area contributed by atoms with Crippen LogP contribution in [-0.2, 0) is 4.33 Å². The zero-order valence-corrected chi connectivity index (χ0v) is 10.4. The second kappa shape index (κ2) is 8.69. The summed E-state index contributed by atoms with van der Waals surface area (Å²) < 4.78 is 4.84. The first kappa shape index (κ1) is 13.6. The van der Waals surface area contributed by atoms with Crippen LogP contribution in [0.4, 0.5) is 0 Å². The molecule has 86 valence electrons. The van der Waals surface area contributed by atoms with Crippen LogP contribution >= 0.6 is 12.0 Å². The molecule has 0 saturated carbocycles. The fraction of sp³-hybridized carbons (Fsp3) is 0.0667. The zero-order valence-electron chi connectivity index (χ0n) is 9.61. The summed E-state index contributed by atoms with van der Waals surface area (Å²) in [5.74, 6) is 15.1. The van der Waals surface area contributed by atoms with Gasteiger partial charge in [0.25, 0.3) is 0 Å². The molecule has 1 rings (SSSR count). The number of hydrogen-bond acceptors (Lipinski definition) is 3. The fourth-order valence-corrected chi connectivity index (χ4v) is 1.13. The van der Waals surface area contributed by atoms with Crippen LogP contribution in [0.15, 0.2) is 24.3 Å². The first-order valence-corrected chi connectivity index (χ1v) is 5.60. The van der Waals surface area contributed by atoms with Crippen molar-refractivity contribution in [1.82, 2.24) is 0 Å². The third-order valence-corrected chi connectivity index (χ3v) is 1.99. The molecule has 0 amide bonds. The minimum Gasteiger partial charge on any atom is -0.324 e. The highest BCUT2D eigenvalue weighted by atomic mass is 32.2. The topological polar surface area (TPSA) is 18.5 Å². The van der Waals surface area contributed by atoms with Gasteiger partial charge in [-0.1, -0.05) is 18.2 Å². The summed E-state index contributed by atoms with van der Waals surface area (Å²) in [6.07, 6.45) is 4.91. The summed E-state index contributed by atoms with van der Waals surface area (Å²) in [5, 5.41) is 2.58. The van der Waals surface area contributed by atoms with E-state index >= 15 is 0 Å². The Balaban J connectivity index is 2.31. The Bertz CT molecular complexity index is 622. The molecule has 18 heavy (non-hydrogen) atoms. The number of benzene rings is 1. The van der Waals surface area contributed by atoms with E-state index in [-0.39, 0.29) is 0 Å². The summed E-state index contributed by atoms with van der Waals surface area (Å²) in [4.78, 5) is 5.04. The molecule has 1 aromatic rings. The molecule has 2 nitrogen and oxygen atoms in total. The van der Waals surface area contributed by atoms with E-state index in [0.717, 1.165) is 17.6 Å². The van der Waals surface area contributed by atoms with Crippen LogP contribution < -0.4 is 4.89 Å². The van der Waals surface area contributed by atoms with E-state index < -0.39 is 0 Å². The number of terminal acetylenes is 1. The monoisotopic (exact) mass is 252 g/mol. The Labute approximate surface area is 111 Å². The molecule has 3 heteroatoms. The van der Waals surface area contributed by atoms with Gasteiger partial charge in [-0.25, -0.2) is 0 Å². The van der Waals surface area contributed by atoms with Crippen LogP contribution in [0.5, 0.6) is 5.75 Å². The fourth-order valence-electron chi connectivity index (χ4n) is 0.897. The molecule has 1 aromatic carbocycles. The van der Waals surface area contributed by atoms with Crippen LogP contribution in [-0.4, -0.2) is 0 Å². The predicted octanol–water partition coefficient (Wildman–Crippen LogP) is 2.55. The van der Waals surface area contributed by atoms with Gasteiger partial charge in [-0.2, -0.15) is 0 Å². The van der Waals surface area contributed by atoms with Crippen molar-refractivity contribution in [2.45, 2.75) is 6.92 Å². The van der Waals surface area contributed by atoms with Gasteiger partial charge < -0.3 is 4.89 Å². The molecular formula is C15H8O2S. The normalized spacial score (nSPS) is 7.33. The summed E-state index contributed by atoms with van der Waals surface area (Å²) >= 11 is 0.846. The maximum Gasteiger partial charge on any atom is 0.169 e. The summed E-state index contributed by atoms with van der Waals surface area (Å²) in [7, 11) is 0. The smallest absolute Gasteiger partial charge is 0.169 e. The standard InChI is InChI=1S/C15H8O2S/c1-3-4-5-6-7-10-13-18-17-16-15-12-9-8-11-14(15)2/h1,8-9,11-12H,2H3. The van der Waals surface area contributed by atoms with Crippen molar-refractivity contribution in [2.75, 3.05) is 0 Å². The third-order valence-electron chi connectivity index (χ3n) is 1.67. The van der Waals surface area contributed by atoms with Crippen LogP contribution in [0, 0.1) is 54.1 Å². The van der Waals surface area contributed by atoms with Crippen molar-refractivity contribution in [3.63, 3.8) is 0 Å². The highest BCUT2D eigenvalue weighted by Gasteiger charge is 1.97. The Morgan fingerprint density at radius 3 is 2.56 bits per heavy atom. The molecule has 0 spiro atoms. The molecule has 0 aliphatic carbocycles. The average molecular weight is 252 g/mol. The number of hydrogen-bond donors (Lipinski definition) is 0. The molecule has 0 unspecified atom stereocenters. The molecule has 0 saturated heterocycles. The minimum absolute atomic E-state index is 0.651. The van der Waals surface area contributed by atoms with E-state index in [0.29, 0.717) is 5.75 Å². The SMILES string of the molecule is C#CC#CC#CC#CSOOc1ccccc1C. The van der Waals surface area contributed by atoms with Crippen molar-refractivity contribution >= 4 is 12.0 Å². The highest BCUT2D eigenvalue weighted by molar-refractivity contribution is 7.99. The van der Waals surface area contributed by atoms with Gasteiger partial charge >= 0.3 is 0 Å². The Kier molecular flexibility index (Phi) is 6.58. The second-order valence-electron chi connectivity index (χ2n) is 2.87. The third kappa shape index (κ3) is 5.60. The van der Waals surface area contributed by atoms with Gasteiger partial charge in [0, 0.05) is 11.2 Å². The van der Waals surface area contributed by atoms with Crippen molar-refractivity contribution in [2.24, 2.45) is 0 Å². The van der Waals surface area contributed by atoms with E-state index in [4.69, 9.17) is 15.6 Å². The molecule has 0 N–H and O–H groups in total. The first-order valence-electron chi connectivity index (χ1n) is 4.86. The second-order valence-corrected chi connectivity index (χ2v) is 3.38. The summed E-state index contributed by atoms with van der Waals surface area (Å²) in [6, 6.07) is 7.50. The van der Waals surface area contributed by atoms with Crippen molar-refractivity contribution in [1.29, 1.82) is 0 Å². The van der Waals surface area contributed by atoms with Gasteiger partial charge in [0.15, 0.2) is 5.75 Å². The lowest BCUT2D eigenvalue weighted by Crippen LogP contribution is -1.90. The van der Waals surface area contributed by atoms with E-state index in [1.807, 2.05) is 25.1 Å². The molecule has 0 aromatic heterocycles. The zero-order chi connectivity index (χ0) is 13.1. The number of aryl methyl sites for hydroxylation is 1. The predicted molar refractivity (Wildman–Crippen MR) is 72.6 cm³/mol. The lowest BCUT2D eigenvalue weighted by molar-refractivity contribution is -0.0769. The lowest BCUT2D eigenvalue weighted by atomic mass is 10.2. The van der Waals surface area contributed by atoms with E-state index in [1.54, 1.807) is 6.07 Å². The van der Waals surface area contributed by atoms with Crippen LogP contribution in [0.3, 0.4) is 0 Å². The van der Waals surface area contributed by atoms with Crippen LogP contribution in [0.25, 0.3) is 0 Å². The molecule has 0 atom stereocenters. The van der Waals surface area contributed by atoms with E-state index in [1.165, 1.54) is 0 Å².